The zero-order valence-corrected chi connectivity index (χ0v) is 19.4. The molecule has 3 N–H and O–H groups in total. The molecule has 0 bridgehead atoms. The van der Waals surface area contributed by atoms with E-state index in [4.69, 9.17) is 22.3 Å². The molecule has 5 rings (SSSR count). The van der Waals surface area contributed by atoms with E-state index in [2.05, 4.69) is 36.5 Å². The summed E-state index contributed by atoms with van der Waals surface area (Å²) in [4.78, 5) is 4.84. The van der Waals surface area contributed by atoms with Crippen molar-refractivity contribution in [3.63, 3.8) is 0 Å². The van der Waals surface area contributed by atoms with Crippen LogP contribution in [0, 0.1) is 6.92 Å². The van der Waals surface area contributed by atoms with Crippen LogP contribution in [0.15, 0.2) is 30.3 Å². The summed E-state index contributed by atoms with van der Waals surface area (Å²) >= 11 is 7.87. The van der Waals surface area contributed by atoms with Gasteiger partial charge in [0.05, 0.1) is 25.9 Å². The number of hydrogen-bond acceptors (Lipinski definition) is 4. The zero-order valence-electron chi connectivity index (χ0n) is 17.8. The molecule has 0 unspecified atom stereocenters. The van der Waals surface area contributed by atoms with Crippen molar-refractivity contribution in [1.29, 1.82) is 0 Å². The monoisotopic (exact) mass is 441 g/mol. The van der Waals surface area contributed by atoms with Gasteiger partial charge < -0.3 is 11.1 Å². The van der Waals surface area contributed by atoms with Gasteiger partial charge in [-0.3, -0.25) is 0 Å². The Morgan fingerprint density at radius 2 is 1.80 bits per heavy atom. The van der Waals surface area contributed by atoms with Crippen LogP contribution in [0.4, 0.5) is 5.69 Å². The van der Waals surface area contributed by atoms with Gasteiger partial charge in [-0.05, 0) is 80.6 Å². The number of benzene rings is 2. The number of nitrogens with one attached hydrogen (secondary N) is 1. The van der Waals surface area contributed by atoms with Crippen molar-refractivity contribution >= 4 is 38.8 Å². The molecule has 30 heavy (non-hydrogen) atoms. The summed E-state index contributed by atoms with van der Waals surface area (Å²) < 4.78 is 1.37. The van der Waals surface area contributed by atoms with E-state index >= 15 is 0 Å². The third-order valence-electron chi connectivity index (χ3n) is 6.29. The van der Waals surface area contributed by atoms with Crippen molar-refractivity contribution in [2.24, 2.45) is 0 Å². The third-order valence-corrected chi connectivity index (χ3v) is 7.80. The second-order valence-electron chi connectivity index (χ2n) is 8.56. The number of nitrogen functional groups attached to an aromatic ring is 1. The molecule has 0 amide bonds. The van der Waals surface area contributed by atoms with E-state index in [-0.39, 0.29) is 0 Å². The summed E-state index contributed by atoms with van der Waals surface area (Å²) in [5.41, 5.74) is 11.8. The van der Waals surface area contributed by atoms with Crippen LogP contribution in [-0.4, -0.2) is 18.1 Å². The number of hydrogen-bond donors (Lipinski definition) is 2. The van der Waals surface area contributed by atoms with Gasteiger partial charge in [-0.15, -0.1) is 11.3 Å². The number of nitrogens with zero attached hydrogens (tertiary/aromatic N) is 1. The van der Waals surface area contributed by atoms with Crippen LogP contribution in [0.25, 0.3) is 10.2 Å². The molecule has 0 saturated heterocycles. The average molecular weight is 442 g/mol. The maximum Gasteiger partial charge on any atom is 0.0969 e. The van der Waals surface area contributed by atoms with Crippen molar-refractivity contribution in [2.75, 3.05) is 18.8 Å². The van der Waals surface area contributed by atoms with Gasteiger partial charge in [0, 0.05) is 5.92 Å². The molecule has 0 radical (unpaired) electrons. The van der Waals surface area contributed by atoms with Crippen LogP contribution in [0.5, 0.6) is 0 Å². The predicted molar refractivity (Wildman–Crippen MR) is 131 cm³/mol. The van der Waals surface area contributed by atoms with E-state index in [1.54, 1.807) is 0 Å². The minimum absolute atomic E-state index is 0.681. The first-order valence-corrected chi connectivity index (χ1v) is 12.4. The topological polar surface area (TPSA) is 50.9 Å². The lowest BCUT2D eigenvalue weighted by atomic mass is 10.0. The molecule has 5 heteroatoms. The highest BCUT2D eigenvalue weighted by atomic mass is 35.5. The lowest BCUT2D eigenvalue weighted by molar-refractivity contribution is 0.590. The van der Waals surface area contributed by atoms with E-state index in [1.165, 1.54) is 70.4 Å². The third kappa shape index (κ3) is 5.16. The molecule has 0 atom stereocenters. The van der Waals surface area contributed by atoms with Crippen LogP contribution in [0.1, 0.15) is 66.1 Å². The minimum atomic E-state index is 0.681. The average Bonchev–Trinajstić information content (AvgIpc) is 2.93. The first-order chi connectivity index (χ1) is 14.6. The summed E-state index contributed by atoms with van der Waals surface area (Å²) in [6, 6.07) is 10.6. The molecule has 160 valence electrons. The number of aryl methyl sites for hydroxylation is 1. The molecule has 1 fully saturated rings. The molecule has 1 saturated carbocycles. The highest BCUT2D eigenvalue weighted by Crippen LogP contribution is 2.36. The normalized spacial score (nSPS) is 17.5. The number of rotatable bonds is 1. The lowest BCUT2D eigenvalue weighted by Crippen LogP contribution is -2.16. The summed E-state index contributed by atoms with van der Waals surface area (Å²) in [7, 11) is 0. The molecule has 3 nitrogen and oxygen atoms in total. The Morgan fingerprint density at radius 3 is 2.60 bits per heavy atom. The van der Waals surface area contributed by atoms with Gasteiger partial charge in [-0.25, -0.2) is 4.98 Å². The Bertz CT molecular complexity index is 989. The summed E-state index contributed by atoms with van der Waals surface area (Å²) in [6.07, 6.45) is 10.3. The molecule has 1 aromatic heterocycles. The van der Waals surface area contributed by atoms with Gasteiger partial charge >= 0.3 is 0 Å². The van der Waals surface area contributed by atoms with Crippen LogP contribution >= 0.6 is 22.9 Å². The highest BCUT2D eigenvalue weighted by molar-refractivity contribution is 7.18. The summed E-state index contributed by atoms with van der Waals surface area (Å²) in [6.45, 7) is 4.19. The molecular weight excluding hydrogens is 410 g/mol. The molecular formula is C25H32ClN3S. The van der Waals surface area contributed by atoms with Gasteiger partial charge in [0.2, 0.25) is 0 Å². The van der Waals surface area contributed by atoms with Gasteiger partial charge in [-0.2, -0.15) is 0 Å². The van der Waals surface area contributed by atoms with Crippen LogP contribution in [0.2, 0.25) is 5.02 Å². The second-order valence-corrected chi connectivity index (χ2v) is 10.0. The fourth-order valence-corrected chi connectivity index (χ4v) is 5.93. The summed E-state index contributed by atoms with van der Waals surface area (Å²) in [5.74, 6) is 0.732. The second kappa shape index (κ2) is 10.1. The van der Waals surface area contributed by atoms with E-state index in [0.717, 1.165) is 37.5 Å². The predicted octanol–water partition coefficient (Wildman–Crippen LogP) is 6.65. The number of fused-ring (bicyclic) bond motifs is 2. The number of halogens is 1. The Balaban J connectivity index is 0.000000151. The number of anilines is 1. The Kier molecular flexibility index (Phi) is 7.29. The van der Waals surface area contributed by atoms with Crippen LogP contribution in [-0.2, 0) is 12.8 Å². The molecule has 1 aliphatic carbocycles. The Hall–Kier alpha value is -1.62. The molecule has 2 heterocycles. The van der Waals surface area contributed by atoms with Gasteiger partial charge in [0.1, 0.15) is 0 Å². The molecule has 2 aliphatic rings. The van der Waals surface area contributed by atoms with Gasteiger partial charge in [-0.1, -0.05) is 49.4 Å². The van der Waals surface area contributed by atoms with E-state index in [0.29, 0.717) is 5.02 Å². The first kappa shape index (κ1) is 21.6. The quantitative estimate of drug-likeness (QED) is 0.328. The number of thiazole rings is 1. The number of aromatic nitrogens is 1. The van der Waals surface area contributed by atoms with Gasteiger partial charge in [0.15, 0.2) is 0 Å². The van der Waals surface area contributed by atoms with E-state index in [9.17, 15) is 0 Å². The fraction of sp³-hybridized carbons (Fsp3) is 0.480. The zero-order chi connectivity index (χ0) is 20.9. The molecule has 2 aromatic carbocycles. The molecule has 0 spiro atoms. The van der Waals surface area contributed by atoms with E-state index < -0.39 is 0 Å². The Morgan fingerprint density at radius 1 is 1.03 bits per heavy atom. The minimum Gasteiger partial charge on any atom is -0.397 e. The standard InChI is InChI=1S/C15H19NS.C10H13ClN2/c1-11-8-9-13-14(10-11)17-15(16-13)12-6-4-2-3-5-7-12;11-9-2-1-7-3-5-13-6-4-8(7)10(9)12/h8-10,12H,2-7H2,1H3;1-2,13H,3-6,12H2. The van der Waals surface area contributed by atoms with Crippen LogP contribution in [0.3, 0.4) is 0 Å². The number of nitrogens with two attached hydrogens (primary N) is 1. The van der Waals surface area contributed by atoms with Crippen molar-refractivity contribution in [3.8, 4) is 0 Å². The van der Waals surface area contributed by atoms with Crippen molar-refractivity contribution in [1.82, 2.24) is 10.3 Å². The smallest absolute Gasteiger partial charge is 0.0969 e. The Labute approximate surface area is 189 Å². The van der Waals surface area contributed by atoms with Crippen molar-refractivity contribution < 1.29 is 0 Å². The molecule has 3 aromatic rings. The molecule has 1 aliphatic heterocycles. The van der Waals surface area contributed by atoms with Gasteiger partial charge in [0.25, 0.3) is 0 Å². The van der Waals surface area contributed by atoms with Crippen LogP contribution < -0.4 is 11.1 Å². The summed E-state index contributed by atoms with van der Waals surface area (Å²) in [5, 5.41) is 5.41. The maximum atomic E-state index is 5.95. The van der Waals surface area contributed by atoms with Crippen molar-refractivity contribution in [3.05, 3.63) is 57.1 Å². The largest absolute Gasteiger partial charge is 0.397 e. The van der Waals surface area contributed by atoms with Crippen molar-refractivity contribution in [2.45, 2.75) is 64.2 Å². The fourth-order valence-electron chi connectivity index (χ4n) is 4.52. The lowest BCUT2D eigenvalue weighted by Gasteiger charge is -2.09. The maximum absolute atomic E-state index is 5.95. The van der Waals surface area contributed by atoms with E-state index in [1.807, 2.05) is 17.4 Å². The SMILES string of the molecule is Cc1ccc2nc(C3CCCCCC3)sc2c1.Nc1c(Cl)ccc2c1CCNCC2. The highest BCUT2D eigenvalue weighted by Gasteiger charge is 2.18. The first-order valence-electron chi connectivity index (χ1n) is 11.3.